The fourth-order valence-electron chi connectivity index (χ4n) is 1.76. The zero-order valence-electron chi connectivity index (χ0n) is 8.79. The SMILES string of the molecule is Cc1cc(NC(=O)[C@@H]2CCCN2)ccn1. The molecule has 2 heterocycles. The van der Waals surface area contributed by atoms with Gasteiger partial charge in [0.05, 0.1) is 6.04 Å². The Morgan fingerprint density at radius 1 is 1.67 bits per heavy atom. The molecule has 0 bridgehead atoms. The van der Waals surface area contributed by atoms with E-state index in [1.54, 1.807) is 12.3 Å². The monoisotopic (exact) mass is 205 g/mol. The predicted octanol–water partition coefficient (Wildman–Crippen LogP) is 1.08. The van der Waals surface area contributed by atoms with E-state index in [1.807, 2.05) is 13.0 Å². The number of nitrogens with one attached hydrogen (secondary N) is 2. The van der Waals surface area contributed by atoms with Crippen molar-refractivity contribution >= 4 is 11.6 Å². The van der Waals surface area contributed by atoms with Crippen molar-refractivity contribution < 1.29 is 4.79 Å². The lowest BCUT2D eigenvalue weighted by molar-refractivity contribution is -0.117. The highest BCUT2D eigenvalue weighted by molar-refractivity contribution is 5.94. The van der Waals surface area contributed by atoms with Gasteiger partial charge in [-0.25, -0.2) is 0 Å². The Balaban J connectivity index is 1.99. The zero-order chi connectivity index (χ0) is 10.7. The first-order valence-corrected chi connectivity index (χ1v) is 5.22. The van der Waals surface area contributed by atoms with Crippen LogP contribution in [0.4, 0.5) is 5.69 Å². The van der Waals surface area contributed by atoms with Gasteiger partial charge in [0, 0.05) is 17.6 Å². The van der Waals surface area contributed by atoms with Crippen LogP contribution < -0.4 is 10.6 Å². The van der Waals surface area contributed by atoms with Gasteiger partial charge in [-0.2, -0.15) is 0 Å². The molecule has 1 amide bonds. The summed E-state index contributed by atoms with van der Waals surface area (Å²) in [5.41, 5.74) is 1.73. The Labute approximate surface area is 89.1 Å². The number of aryl methyl sites for hydroxylation is 1. The molecular weight excluding hydrogens is 190 g/mol. The van der Waals surface area contributed by atoms with E-state index < -0.39 is 0 Å². The van der Waals surface area contributed by atoms with Crippen LogP contribution in [0.3, 0.4) is 0 Å². The minimum Gasteiger partial charge on any atom is -0.325 e. The Hall–Kier alpha value is -1.42. The van der Waals surface area contributed by atoms with Crippen molar-refractivity contribution in [1.29, 1.82) is 0 Å². The number of nitrogens with zero attached hydrogens (tertiary/aromatic N) is 1. The molecule has 1 fully saturated rings. The number of carbonyl (C=O) groups is 1. The molecule has 0 unspecified atom stereocenters. The van der Waals surface area contributed by atoms with E-state index in [9.17, 15) is 4.79 Å². The molecule has 2 N–H and O–H groups in total. The van der Waals surface area contributed by atoms with Gasteiger partial charge >= 0.3 is 0 Å². The van der Waals surface area contributed by atoms with Gasteiger partial charge in [0.15, 0.2) is 0 Å². The maximum Gasteiger partial charge on any atom is 0.241 e. The fraction of sp³-hybridized carbons (Fsp3) is 0.455. The molecule has 0 spiro atoms. The average molecular weight is 205 g/mol. The summed E-state index contributed by atoms with van der Waals surface area (Å²) in [6.07, 6.45) is 3.70. The Bertz CT molecular complexity index is 359. The second-order valence-corrected chi connectivity index (χ2v) is 3.82. The third kappa shape index (κ3) is 2.53. The molecule has 4 heteroatoms. The summed E-state index contributed by atoms with van der Waals surface area (Å²) in [5.74, 6) is 0.0538. The minimum absolute atomic E-state index is 0.0292. The largest absolute Gasteiger partial charge is 0.325 e. The zero-order valence-corrected chi connectivity index (χ0v) is 8.79. The van der Waals surface area contributed by atoms with Crippen molar-refractivity contribution in [2.45, 2.75) is 25.8 Å². The highest BCUT2D eigenvalue weighted by Gasteiger charge is 2.21. The molecule has 80 valence electrons. The van der Waals surface area contributed by atoms with Gasteiger partial charge in [-0.05, 0) is 38.4 Å². The van der Waals surface area contributed by atoms with Crippen molar-refractivity contribution in [2.24, 2.45) is 0 Å². The van der Waals surface area contributed by atoms with Gasteiger partial charge in [0.25, 0.3) is 0 Å². The molecule has 1 saturated heterocycles. The van der Waals surface area contributed by atoms with E-state index in [2.05, 4.69) is 15.6 Å². The smallest absolute Gasteiger partial charge is 0.241 e. The minimum atomic E-state index is -0.0292. The number of pyridine rings is 1. The third-order valence-electron chi connectivity index (χ3n) is 2.54. The van der Waals surface area contributed by atoms with Gasteiger partial charge in [0.1, 0.15) is 0 Å². The van der Waals surface area contributed by atoms with Crippen LogP contribution in [-0.2, 0) is 4.79 Å². The molecule has 1 aliphatic heterocycles. The van der Waals surface area contributed by atoms with E-state index in [0.29, 0.717) is 0 Å². The van der Waals surface area contributed by atoms with Gasteiger partial charge in [-0.15, -0.1) is 0 Å². The topological polar surface area (TPSA) is 54.0 Å². The number of carbonyl (C=O) groups excluding carboxylic acids is 1. The third-order valence-corrected chi connectivity index (χ3v) is 2.54. The van der Waals surface area contributed by atoms with Crippen molar-refractivity contribution in [2.75, 3.05) is 11.9 Å². The van der Waals surface area contributed by atoms with E-state index >= 15 is 0 Å². The van der Waals surface area contributed by atoms with Crippen LogP contribution in [0, 0.1) is 6.92 Å². The number of amides is 1. The fourth-order valence-corrected chi connectivity index (χ4v) is 1.76. The second-order valence-electron chi connectivity index (χ2n) is 3.82. The average Bonchev–Trinajstić information content (AvgIpc) is 2.70. The number of hydrogen-bond acceptors (Lipinski definition) is 3. The molecule has 1 aromatic rings. The van der Waals surface area contributed by atoms with Crippen molar-refractivity contribution in [3.8, 4) is 0 Å². The molecule has 1 aliphatic rings. The summed E-state index contributed by atoms with van der Waals surface area (Å²) in [6.45, 7) is 2.84. The van der Waals surface area contributed by atoms with Gasteiger partial charge < -0.3 is 10.6 Å². The van der Waals surface area contributed by atoms with Crippen LogP contribution in [0.1, 0.15) is 18.5 Å². The van der Waals surface area contributed by atoms with Crippen molar-refractivity contribution in [1.82, 2.24) is 10.3 Å². The molecule has 15 heavy (non-hydrogen) atoms. The highest BCUT2D eigenvalue weighted by atomic mass is 16.2. The molecule has 0 aliphatic carbocycles. The van der Waals surface area contributed by atoms with E-state index in [-0.39, 0.29) is 11.9 Å². The molecule has 0 aromatic carbocycles. The second kappa shape index (κ2) is 4.40. The van der Waals surface area contributed by atoms with Gasteiger partial charge in [-0.3, -0.25) is 9.78 Å². The number of hydrogen-bond donors (Lipinski definition) is 2. The van der Waals surface area contributed by atoms with Crippen LogP contribution in [0.2, 0.25) is 0 Å². The number of anilines is 1. The van der Waals surface area contributed by atoms with Crippen LogP contribution >= 0.6 is 0 Å². The van der Waals surface area contributed by atoms with Crippen LogP contribution in [0.5, 0.6) is 0 Å². The Morgan fingerprint density at radius 3 is 3.20 bits per heavy atom. The summed E-state index contributed by atoms with van der Waals surface area (Å²) in [5, 5.41) is 6.05. The van der Waals surface area contributed by atoms with Crippen LogP contribution in [0.25, 0.3) is 0 Å². The molecule has 0 saturated carbocycles. The summed E-state index contributed by atoms with van der Waals surface area (Å²) in [6, 6.07) is 3.64. The first-order valence-electron chi connectivity index (χ1n) is 5.22. The summed E-state index contributed by atoms with van der Waals surface area (Å²) in [4.78, 5) is 15.8. The molecule has 0 radical (unpaired) electrons. The lowest BCUT2D eigenvalue weighted by atomic mass is 10.2. The maximum atomic E-state index is 11.7. The number of aromatic nitrogens is 1. The first-order chi connectivity index (χ1) is 7.25. The van der Waals surface area contributed by atoms with Crippen LogP contribution in [-0.4, -0.2) is 23.5 Å². The quantitative estimate of drug-likeness (QED) is 0.759. The normalized spacial score (nSPS) is 20.2. The van der Waals surface area contributed by atoms with Crippen molar-refractivity contribution in [3.63, 3.8) is 0 Å². The van der Waals surface area contributed by atoms with E-state index in [0.717, 1.165) is 30.8 Å². The lowest BCUT2D eigenvalue weighted by Crippen LogP contribution is -2.35. The highest BCUT2D eigenvalue weighted by Crippen LogP contribution is 2.11. The van der Waals surface area contributed by atoms with Gasteiger partial charge in [-0.1, -0.05) is 0 Å². The molecular formula is C11H15N3O. The van der Waals surface area contributed by atoms with E-state index in [4.69, 9.17) is 0 Å². The molecule has 2 rings (SSSR count). The first kappa shape index (κ1) is 10.1. The van der Waals surface area contributed by atoms with Gasteiger partial charge in [0.2, 0.25) is 5.91 Å². The maximum absolute atomic E-state index is 11.7. The standard InChI is InChI=1S/C11H15N3O/c1-8-7-9(4-6-12-8)14-11(15)10-3-2-5-13-10/h4,6-7,10,13H,2-3,5H2,1H3,(H,12,14,15)/t10-/m0/s1. The number of rotatable bonds is 2. The Kier molecular flexibility index (Phi) is 2.97. The van der Waals surface area contributed by atoms with Crippen molar-refractivity contribution in [3.05, 3.63) is 24.0 Å². The van der Waals surface area contributed by atoms with Crippen LogP contribution in [0.15, 0.2) is 18.3 Å². The lowest BCUT2D eigenvalue weighted by Gasteiger charge is -2.10. The summed E-state index contributed by atoms with van der Waals surface area (Å²) in [7, 11) is 0. The Morgan fingerprint density at radius 2 is 2.53 bits per heavy atom. The van der Waals surface area contributed by atoms with E-state index in [1.165, 1.54) is 0 Å². The molecule has 1 aromatic heterocycles. The summed E-state index contributed by atoms with van der Waals surface area (Å²) < 4.78 is 0. The molecule has 4 nitrogen and oxygen atoms in total. The molecule has 1 atom stereocenters. The summed E-state index contributed by atoms with van der Waals surface area (Å²) >= 11 is 0. The predicted molar refractivity (Wildman–Crippen MR) is 58.6 cm³/mol.